The Bertz CT molecular complexity index is 1210. The van der Waals surface area contributed by atoms with Gasteiger partial charge in [0.25, 0.3) is 5.69 Å². The average Bonchev–Trinajstić information content (AvgIpc) is 3.10. The van der Waals surface area contributed by atoms with Gasteiger partial charge in [-0.15, -0.1) is 11.3 Å². The van der Waals surface area contributed by atoms with Crippen LogP contribution in [-0.4, -0.2) is 29.6 Å². The molecule has 1 aliphatic rings. The van der Waals surface area contributed by atoms with Crippen molar-refractivity contribution in [2.75, 3.05) is 13.6 Å². The van der Waals surface area contributed by atoms with Gasteiger partial charge in [0, 0.05) is 35.1 Å². The predicted octanol–water partition coefficient (Wildman–Crippen LogP) is 5.73. The Morgan fingerprint density at radius 2 is 2.06 bits per heavy atom. The molecule has 4 rings (SSSR count). The van der Waals surface area contributed by atoms with Crippen LogP contribution in [-0.2, 0) is 13.0 Å². The first-order valence-electron chi connectivity index (χ1n) is 9.75. The first-order chi connectivity index (χ1) is 14.9. The van der Waals surface area contributed by atoms with Crippen molar-refractivity contribution in [1.82, 2.24) is 4.90 Å². The molecule has 0 aliphatic carbocycles. The van der Waals surface area contributed by atoms with Crippen molar-refractivity contribution in [3.8, 4) is 6.07 Å². The molecule has 1 aliphatic heterocycles. The maximum Gasteiger partial charge on any atom is 0.283 e. The van der Waals surface area contributed by atoms with Gasteiger partial charge in [0.15, 0.2) is 0 Å². The van der Waals surface area contributed by atoms with Crippen molar-refractivity contribution in [2.45, 2.75) is 29.7 Å². The average molecular weight is 449 g/mol. The van der Waals surface area contributed by atoms with E-state index in [2.05, 4.69) is 23.0 Å². The third-order valence-corrected chi connectivity index (χ3v) is 7.30. The molecule has 6 nitrogen and oxygen atoms in total. The number of nitrogens with zero attached hydrogens (tertiary/aromatic N) is 4. The standard InChI is InChI=1S/C23H20N4O2S2/c1-15-3-6-17(7-4-15)30-21-8-5-16(11-20(21)27(28)29)13-25-23-19(12-24)18-9-10-26(2)14-22(18)31-23/h3-8,11,13H,9-10,14H2,1-2H3. The van der Waals surface area contributed by atoms with Gasteiger partial charge in [-0.3, -0.25) is 10.1 Å². The first kappa shape index (κ1) is 21.2. The monoisotopic (exact) mass is 448 g/mol. The van der Waals surface area contributed by atoms with Crippen LogP contribution >= 0.6 is 23.1 Å². The van der Waals surface area contributed by atoms with Crippen LogP contribution < -0.4 is 0 Å². The van der Waals surface area contributed by atoms with E-state index in [1.54, 1.807) is 12.3 Å². The molecular formula is C23H20N4O2S2. The maximum absolute atomic E-state index is 11.7. The minimum Gasteiger partial charge on any atom is -0.301 e. The van der Waals surface area contributed by atoms with Crippen LogP contribution in [0.4, 0.5) is 10.7 Å². The molecule has 0 saturated carbocycles. The van der Waals surface area contributed by atoms with Gasteiger partial charge < -0.3 is 4.90 Å². The fraction of sp³-hybridized carbons (Fsp3) is 0.217. The van der Waals surface area contributed by atoms with E-state index in [9.17, 15) is 15.4 Å². The number of thiophene rings is 1. The van der Waals surface area contributed by atoms with Gasteiger partial charge in [-0.1, -0.05) is 35.5 Å². The second-order valence-corrected chi connectivity index (χ2v) is 9.64. The number of rotatable bonds is 5. The lowest BCUT2D eigenvalue weighted by molar-refractivity contribution is -0.387. The van der Waals surface area contributed by atoms with Crippen LogP contribution in [0.25, 0.3) is 0 Å². The number of benzene rings is 2. The van der Waals surface area contributed by atoms with Crippen molar-refractivity contribution < 1.29 is 4.92 Å². The maximum atomic E-state index is 11.7. The number of hydrogen-bond acceptors (Lipinski definition) is 7. The number of nitro groups is 1. The molecule has 156 valence electrons. The molecule has 2 aromatic carbocycles. The summed E-state index contributed by atoms with van der Waals surface area (Å²) in [6, 6.07) is 15.3. The Morgan fingerprint density at radius 3 is 2.77 bits per heavy atom. The summed E-state index contributed by atoms with van der Waals surface area (Å²) in [5.41, 5.74) is 3.54. The number of aryl methyl sites for hydroxylation is 1. The highest BCUT2D eigenvalue weighted by molar-refractivity contribution is 7.99. The van der Waals surface area contributed by atoms with E-state index in [4.69, 9.17) is 0 Å². The number of likely N-dealkylation sites (N-methyl/N-ethyl adjacent to an activating group) is 1. The zero-order valence-electron chi connectivity index (χ0n) is 17.2. The van der Waals surface area contributed by atoms with Crippen molar-refractivity contribution >= 4 is 40.0 Å². The van der Waals surface area contributed by atoms with Crippen molar-refractivity contribution in [1.29, 1.82) is 5.26 Å². The number of nitro benzene ring substituents is 1. The quantitative estimate of drug-likeness (QED) is 0.283. The van der Waals surface area contributed by atoms with Crippen LogP contribution in [0, 0.1) is 28.4 Å². The molecule has 0 amide bonds. The molecular weight excluding hydrogens is 428 g/mol. The van der Waals surface area contributed by atoms with Gasteiger partial charge in [0.05, 0.1) is 15.4 Å². The minimum atomic E-state index is -0.367. The molecule has 0 fully saturated rings. The van der Waals surface area contributed by atoms with E-state index in [-0.39, 0.29) is 10.6 Å². The third kappa shape index (κ3) is 4.69. The fourth-order valence-electron chi connectivity index (χ4n) is 3.43. The molecule has 3 aromatic rings. The van der Waals surface area contributed by atoms with E-state index >= 15 is 0 Å². The predicted molar refractivity (Wildman–Crippen MR) is 125 cm³/mol. The fourth-order valence-corrected chi connectivity index (χ4v) is 5.56. The van der Waals surface area contributed by atoms with E-state index in [0.29, 0.717) is 21.0 Å². The molecule has 0 N–H and O–H groups in total. The highest BCUT2D eigenvalue weighted by Crippen LogP contribution is 2.39. The molecule has 31 heavy (non-hydrogen) atoms. The summed E-state index contributed by atoms with van der Waals surface area (Å²) in [4.78, 5) is 20.7. The second kappa shape index (κ2) is 9.02. The number of hydrogen-bond donors (Lipinski definition) is 0. The summed E-state index contributed by atoms with van der Waals surface area (Å²) in [6.45, 7) is 3.75. The topological polar surface area (TPSA) is 82.5 Å². The summed E-state index contributed by atoms with van der Waals surface area (Å²) >= 11 is 2.89. The van der Waals surface area contributed by atoms with E-state index in [1.807, 2.05) is 37.3 Å². The lowest BCUT2D eigenvalue weighted by Crippen LogP contribution is -2.25. The molecule has 0 radical (unpaired) electrons. The van der Waals surface area contributed by atoms with E-state index in [1.165, 1.54) is 34.0 Å². The molecule has 2 heterocycles. The summed E-state index contributed by atoms with van der Waals surface area (Å²) in [7, 11) is 2.06. The highest BCUT2D eigenvalue weighted by Gasteiger charge is 2.22. The lowest BCUT2D eigenvalue weighted by Gasteiger charge is -2.21. The van der Waals surface area contributed by atoms with Gasteiger partial charge in [0.1, 0.15) is 11.1 Å². The normalized spacial score (nSPS) is 13.8. The van der Waals surface area contributed by atoms with Gasteiger partial charge in [-0.25, -0.2) is 4.99 Å². The van der Waals surface area contributed by atoms with Gasteiger partial charge in [0.2, 0.25) is 0 Å². The van der Waals surface area contributed by atoms with Crippen molar-refractivity contribution in [3.05, 3.63) is 79.7 Å². The molecule has 0 bridgehead atoms. The second-order valence-electron chi connectivity index (χ2n) is 7.44. The zero-order valence-corrected chi connectivity index (χ0v) is 18.8. The molecule has 1 aromatic heterocycles. The smallest absolute Gasteiger partial charge is 0.283 e. The van der Waals surface area contributed by atoms with Crippen LogP contribution in [0.15, 0.2) is 57.2 Å². The number of nitriles is 1. The largest absolute Gasteiger partial charge is 0.301 e. The summed E-state index contributed by atoms with van der Waals surface area (Å²) in [5, 5.41) is 21.9. The lowest BCUT2D eigenvalue weighted by atomic mass is 10.0. The van der Waals surface area contributed by atoms with Crippen molar-refractivity contribution in [3.63, 3.8) is 0 Å². The van der Waals surface area contributed by atoms with Crippen LogP contribution in [0.1, 0.15) is 27.1 Å². The Hall–Kier alpha value is -2.99. The molecule has 8 heteroatoms. The molecule has 0 unspecified atom stereocenters. The Balaban J connectivity index is 1.61. The van der Waals surface area contributed by atoms with Crippen LogP contribution in [0.5, 0.6) is 0 Å². The third-order valence-electron chi connectivity index (χ3n) is 5.10. The molecule has 0 spiro atoms. The van der Waals surface area contributed by atoms with Crippen molar-refractivity contribution in [2.24, 2.45) is 4.99 Å². The Morgan fingerprint density at radius 1 is 1.29 bits per heavy atom. The van der Waals surface area contributed by atoms with Crippen LogP contribution in [0.3, 0.4) is 0 Å². The Labute approximate surface area is 189 Å². The molecule has 0 saturated heterocycles. The highest BCUT2D eigenvalue weighted by atomic mass is 32.2. The number of aliphatic imine (C=N–C) groups is 1. The zero-order chi connectivity index (χ0) is 22.0. The molecule has 0 atom stereocenters. The summed E-state index contributed by atoms with van der Waals surface area (Å²) in [5.74, 6) is 0. The SMILES string of the molecule is Cc1ccc(Sc2ccc(C=Nc3sc4c(c3C#N)CCN(C)C4)cc2[N+](=O)[O-])cc1. The van der Waals surface area contributed by atoms with E-state index < -0.39 is 0 Å². The van der Waals surface area contributed by atoms with Crippen LogP contribution in [0.2, 0.25) is 0 Å². The summed E-state index contributed by atoms with van der Waals surface area (Å²) in [6.07, 6.45) is 2.45. The summed E-state index contributed by atoms with van der Waals surface area (Å²) < 4.78 is 0. The van der Waals surface area contributed by atoms with E-state index in [0.717, 1.165) is 35.5 Å². The number of fused-ring (bicyclic) bond motifs is 1. The van der Waals surface area contributed by atoms with Gasteiger partial charge in [-0.2, -0.15) is 5.26 Å². The van der Waals surface area contributed by atoms with Gasteiger partial charge >= 0.3 is 0 Å². The first-order valence-corrected chi connectivity index (χ1v) is 11.4. The van der Waals surface area contributed by atoms with Gasteiger partial charge in [-0.05, 0) is 49.7 Å². The minimum absolute atomic E-state index is 0.0436. The Kier molecular flexibility index (Phi) is 6.18.